The molecule has 0 saturated heterocycles. The van der Waals surface area contributed by atoms with Crippen LogP contribution in [0.2, 0.25) is 0 Å². The summed E-state index contributed by atoms with van der Waals surface area (Å²) in [7, 11) is 1.82. The number of carbonyl (C=O) groups is 2. The second-order valence-corrected chi connectivity index (χ2v) is 6.85. The summed E-state index contributed by atoms with van der Waals surface area (Å²) in [5.41, 5.74) is 2.02. The zero-order valence-corrected chi connectivity index (χ0v) is 14.9. The van der Waals surface area contributed by atoms with Gasteiger partial charge in [-0.25, -0.2) is 4.68 Å². The van der Waals surface area contributed by atoms with Gasteiger partial charge in [-0.3, -0.25) is 14.3 Å². The van der Waals surface area contributed by atoms with Gasteiger partial charge in [-0.2, -0.15) is 5.10 Å². The van der Waals surface area contributed by atoms with Gasteiger partial charge in [0.15, 0.2) is 11.4 Å². The standard InChI is InChI=1S/C16H23N7O2/c1-9(2)5-11-8-23-14(16(25)18-11)13(19-21-23)15(24)17-7-12-6-10(3)20-22(12)4/h6,9,11H,5,7-8H2,1-4H3,(H,17,24)(H,18,25). The van der Waals surface area contributed by atoms with Gasteiger partial charge in [-0.15, -0.1) is 5.10 Å². The number of rotatable bonds is 5. The molecule has 0 fully saturated rings. The van der Waals surface area contributed by atoms with E-state index in [-0.39, 0.29) is 23.3 Å². The molecule has 2 aromatic heterocycles. The number of nitrogens with zero attached hydrogens (tertiary/aromatic N) is 5. The Morgan fingerprint density at radius 2 is 2.24 bits per heavy atom. The lowest BCUT2D eigenvalue weighted by Gasteiger charge is -2.25. The molecule has 1 aliphatic heterocycles. The van der Waals surface area contributed by atoms with E-state index in [2.05, 4.69) is 39.9 Å². The molecular weight excluding hydrogens is 322 g/mol. The van der Waals surface area contributed by atoms with Crippen LogP contribution in [0.3, 0.4) is 0 Å². The molecule has 0 spiro atoms. The van der Waals surface area contributed by atoms with E-state index in [1.54, 1.807) is 4.68 Å². The number of fused-ring (bicyclic) bond motifs is 1. The number of aromatic nitrogens is 5. The van der Waals surface area contributed by atoms with E-state index in [0.29, 0.717) is 19.0 Å². The molecule has 1 aliphatic rings. The fourth-order valence-corrected chi connectivity index (χ4v) is 3.11. The van der Waals surface area contributed by atoms with Gasteiger partial charge in [-0.05, 0) is 25.3 Å². The van der Waals surface area contributed by atoms with Crippen molar-refractivity contribution < 1.29 is 9.59 Å². The number of hydrogen-bond acceptors (Lipinski definition) is 5. The molecule has 2 aromatic rings. The zero-order chi connectivity index (χ0) is 18.1. The zero-order valence-electron chi connectivity index (χ0n) is 14.9. The van der Waals surface area contributed by atoms with E-state index in [0.717, 1.165) is 17.8 Å². The van der Waals surface area contributed by atoms with Crippen molar-refractivity contribution in [3.8, 4) is 0 Å². The predicted octanol–water partition coefficient (Wildman–Crippen LogP) is 0.408. The Hall–Kier alpha value is -2.71. The van der Waals surface area contributed by atoms with E-state index in [1.807, 2.05) is 20.0 Å². The molecule has 0 aromatic carbocycles. The molecule has 134 valence electrons. The summed E-state index contributed by atoms with van der Waals surface area (Å²) in [6.45, 7) is 6.92. The lowest BCUT2D eigenvalue weighted by atomic mass is 10.0. The summed E-state index contributed by atoms with van der Waals surface area (Å²) in [6.07, 6.45) is 0.854. The van der Waals surface area contributed by atoms with Crippen LogP contribution >= 0.6 is 0 Å². The molecule has 3 heterocycles. The van der Waals surface area contributed by atoms with E-state index in [1.165, 1.54) is 4.68 Å². The van der Waals surface area contributed by atoms with E-state index in [4.69, 9.17) is 0 Å². The number of carbonyl (C=O) groups excluding carboxylic acids is 2. The van der Waals surface area contributed by atoms with E-state index >= 15 is 0 Å². The monoisotopic (exact) mass is 345 g/mol. The van der Waals surface area contributed by atoms with Crippen LogP contribution in [-0.4, -0.2) is 42.6 Å². The van der Waals surface area contributed by atoms with Crippen LogP contribution < -0.4 is 10.6 Å². The highest BCUT2D eigenvalue weighted by Crippen LogP contribution is 2.16. The van der Waals surface area contributed by atoms with Gasteiger partial charge >= 0.3 is 0 Å². The summed E-state index contributed by atoms with van der Waals surface area (Å²) in [4.78, 5) is 24.8. The minimum absolute atomic E-state index is 0.00929. The Morgan fingerprint density at radius 3 is 2.88 bits per heavy atom. The highest BCUT2D eigenvalue weighted by atomic mass is 16.2. The normalized spacial score (nSPS) is 16.7. The van der Waals surface area contributed by atoms with E-state index < -0.39 is 5.91 Å². The Morgan fingerprint density at radius 1 is 1.48 bits per heavy atom. The third kappa shape index (κ3) is 3.54. The molecule has 1 atom stereocenters. The first-order valence-corrected chi connectivity index (χ1v) is 8.37. The molecule has 0 bridgehead atoms. The van der Waals surface area contributed by atoms with Crippen LogP contribution in [0.5, 0.6) is 0 Å². The SMILES string of the molecule is Cc1cc(CNC(=O)c2nnn3c2C(=O)NC(CC(C)C)C3)n(C)n1. The van der Waals surface area contributed by atoms with Crippen molar-refractivity contribution in [1.29, 1.82) is 0 Å². The second-order valence-electron chi connectivity index (χ2n) is 6.85. The van der Waals surface area contributed by atoms with Gasteiger partial charge in [-0.1, -0.05) is 19.1 Å². The van der Waals surface area contributed by atoms with Crippen LogP contribution in [0.15, 0.2) is 6.07 Å². The molecule has 2 N–H and O–H groups in total. The maximum atomic E-state index is 12.4. The third-order valence-electron chi connectivity index (χ3n) is 4.18. The Balaban J connectivity index is 1.72. The molecular formula is C16H23N7O2. The van der Waals surface area contributed by atoms with Crippen molar-refractivity contribution in [3.63, 3.8) is 0 Å². The van der Waals surface area contributed by atoms with Gasteiger partial charge in [0.2, 0.25) is 0 Å². The minimum atomic E-state index is -0.419. The number of hydrogen-bond donors (Lipinski definition) is 2. The van der Waals surface area contributed by atoms with Crippen LogP contribution in [0.25, 0.3) is 0 Å². The molecule has 3 rings (SSSR count). The topological polar surface area (TPSA) is 107 Å². The molecule has 1 unspecified atom stereocenters. The first-order valence-electron chi connectivity index (χ1n) is 8.37. The molecule has 25 heavy (non-hydrogen) atoms. The van der Waals surface area contributed by atoms with Crippen LogP contribution in [-0.2, 0) is 20.1 Å². The maximum Gasteiger partial charge on any atom is 0.274 e. The Bertz CT molecular complexity index is 806. The van der Waals surface area contributed by atoms with Crippen molar-refractivity contribution in [3.05, 3.63) is 28.8 Å². The summed E-state index contributed by atoms with van der Waals surface area (Å²) in [5, 5.41) is 17.9. The number of amides is 2. The van der Waals surface area contributed by atoms with Gasteiger partial charge in [0.05, 0.1) is 24.5 Å². The summed E-state index contributed by atoms with van der Waals surface area (Å²) in [5.74, 6) is -0.263. The fourth-order valence-electron chi connectivity index (χ4n) is 3.11. The highest BCUT2D eigenvalue weighted by Gasteiger charge is 2.32. The minimum Gasteiger partial charge on any atom is -0.346 e. The summed E-state index contributed by atoms with van der Waals surface area (Å²) < 4.78 is 3.23. The molecule has 9 heteroatoms. The van der Waals surface area contributed by atoms with Gasteiger partial charge in [0, 0.05) is 13.1 Å². The van der Waals surface area contributed by atoms with Crippen molar-refractivity contribution >= 4 is 11.8 Å². The molecule has 9 nitrogen and oxygen atoms in total. The van der Waals surface area contributed by atoms with E-state index in [9.17, 15) is 9.59 Å². The van der Waals surface area contributed by atoms with Gasteiger partial charge < -0.3 is 10.6 Å². The third-order valence-corrected chi connectivity index (χ3v) is 4.18. The van der Waals surface area contributed by atoms with Gasteiger partial charge in [0.25, 0.3) is 11.8 Å². The summed E-state index contributed by atoms with van der Waals surface area (Å²) >= 11 is 0. The lowest BCUT2D eigenvalue weighted by molar-refractivity contribution is 0.0869. The first-order chi connectivity index (χ1) is 11.8. The molecule has 0 aliphatic carbocycles. The quantitative estimate of drug-likeness (QED) is 0.816. The predicted molar refractivity (Wildman–Crippen MR) is 89.8 cm³/mol. The molecule has 0 saturated carbocycles. The van der Waals surface area contributed by atoms with Gasteiger partial charge in [0.1, 0.15) is 0 Å². The smallest absolute Gasteiger partial charge is 0.274 e. The number of aryl methyl sites for hydroxylation is 2. The second kappa shape index (κ2) is 6.66. The Kier molecular flexibility index (Phi) is 4.56. The fraction of sp³-hybridized carbons (Fsp3) is 0.562. The van der Waals surface area contributed by atoms with Crippen molar-refractivity contribution in [2.75, 3.05) is 0 Å². The van der Waals surface area contributed by atoms with Crippen LogP contribution in [0, 0.1) is 12.8 Å². The largest absolute Gasteiger partial charge is 0.346 e. The van der Waals surface area contributed by atoms with Crippen LogP contribution in [0.1, 0.15) is 52.6 Å². The molecule has 0 radical (unpaired) electrons. The van der Waals surface area contributed by atoms with Crippen LogP contribution in [0.4, 0.5) is 0 Å². The lowest BCUT2D eigenvalue weighted by Crippen LogP contribution is -2.46. The molecule has 2 amide bonds. The highest BCUT2D eigenvalue weighted by molar-refractivity contribution is 6.05. The average molecular weight is 345 g/mol. The number of nitrogens with one attached hydrogen (secondary N) is 2. The Labute approximate surface area is 145 Å². The summed E-state index contributed by atoms with van der Waals surface area (Å²) in [6, 6.07) is 1.90. The van der Waals surface area contributed by atoms with Crippen molar-refractivity contribution in [1.82, 2.24) is 35.4 Å². The van der Waals surface area contributed by atoms with Crippen molar-refractivity contribution in [2.24, 2.45) is 13.0 Å². The first kappa shape index (κ1) is 17.1. The van der Waals surface area contributed by atoms with Crippen molar-refractivity contribution in [2.45, 2.75) is 46.3 Å². The average Bonchev–Trinajstić information content (AvgIpc) is 3.07. The maximum absolute atomic E-state index is 12.4.